The monoisotopic (exact) mass is 299 g/mol. The van der Waals surface area contributed by atoms with Crippen molar-refractivity contribution in [3.05, 3.63) is 35.1 Å². The van der Waals surface area contributed by atoms with Gasteiger partial charge in [0.2, 0.25) is 0 Å². The smallest absolute Gasteiger partial charge is 0.194 e. The fraction of sp³-hybridized carbons (Fsp3) is 0.533. The number of carbonyl (C=O) groups is 1. The largest absolute Gasteiger partial charge is 0.378 e. The number of benzene rings is 1. The first kappa shape index (κ1) is 14.5. The van der Waals surface area contributed by atoms with Gasteiger partial charge in [-0.25, -0.2) is 13.2 Å². The molecule has 3 rings (SSSR count). The first-order valence-electron chi connectivity index (χ1n) is 6.95. The molecule has 0 aliphatic carbocycles. The number of piperidine rings is 1. The predicted molar refractivity (Wildman–Crippen MR) is 69.5 cm³/mol. The van der Waals surface area contributed by atoms with Crippen LogP contribution >= 0.6 is 0 Å². The van der Waals surface area contributed by atoms with Crippen molar-refractivity contribution in [3.8, 4) is 0 Å². The summed E-state index contributed by atoms with van der Waals surface area (Å²) in [6.45, 7) is 1.12. The van der Waals surface area contributed by atoms with Crippen LogP contribution in [0.25, 0.3) is 0 Å². The van der Waals surface area contributed by atoms with Gasteiger partial charge in [-0.3, -0.25) is 9.69 Å². The number of ether oxygens (including phenoxy) is 1. The second-order valence-electron chi connectivity index (χ2n) is 5.80. The van der Waals surface area contributed by atoms with Gasteiger partial charge in [0.15, 0.2) is 23.2 Å². The van der Waals surface area contributed by atoms with Crippen LogP contribution in [0.1, 0.15) is 23.2 Å². The Morgan fingerprint density at radius 3 is 2.19 bits per heavy atom. The maximum atomic E-state index is 13.3. The van der Waals surface area contributed by atoms with E-state index < -0.39 is 17.5 Å². The number of carbonyl (C=O) groups excluding carboxylic acids is 1. The van der Waals surface area contributed by atoms with Crippen molar-refractivity contribution in [2.24, 2.45) is 5.92 Å². The van der Waals surface area contributed by atoms with Crippen molar-refractivity contribution in [2.45, 2.75) is 24.9 Å². The van der Waals surface area contributed by atoms with Crippen LogP contribution in [0, 0.1) is 23.4 Å². The molecule has 1 aromatic carbocycles. The van der Waals surface area contributed by atoms with E-state index in [4.69, 9.17) is 4.74 Å². The Labute approximate surface area is 120 Å². The van der Waals surface area contributed by atoms with Gasteiger partial charge in [0.25, 0.3) is 0 Å². The minimum absolute atomic E-state index is 0.0973. The molecule has 2 fully saturated rings. The molecule has 114 valence electrons. The van der Waals surface area contributed by atoms with Gasteiger partial charge in [-0.15, -0.1) is 0 Å². The minimum Gasteiger partial charge on any atom is -0.378 e. The third kappa shape index (κ3) is 2.58. The summed E-state index contributed by atoms with van der Waals surface area (Å²) < 4.78 is 45.0. The van der Waals surface area contributed by atoms with E-state index in [1.165, 1.54) is 0 Å². The summed E-state index contributed by atoms with van der Waals surface area (Å²) in [6, 6.07) is 1.85. The molecule has 0 saturated carbocycles. The summed E-state index contributed by atoms with van der Waals surface area (Å²) in [5, 5.41) is 0. The highest BCUT2D eigenvalue weighted by molar-refractivity contribution is 5.98. The first-order valence-corrected chi connectivity index (χ1v) is 6.95. The number of ketones is 1. The van der Waals surface area contributed by atoms with Crippen molar-refractivity contribution in [2.75, 3.05) is 20.3 Å². The molecule has 2 heterocycles. The molecule has 0 spiro atoms. The summed E-state index contributed by atoms with van der Waals surface area (Å²) >= 11 is 0. The number of fused-ring (bicyclic) bond motifs is 2. The van der Waals surface area contributed by atoms with Gasteiger partial charge in [0.1, 0.15) is 0 Å². The molecule has 6 heteroatoms. The van der Waals surface area contributed by atoms with Crippen molar-refractivity contribution in [3.63, 3.8) is 0 Å². The quantitative estimate of drug-likeness (QED) is 0.620. The van der Waals surface area contributed by atoms with Crippen molar-refractivity contribution in [1.29, 1.82) is 0 Å². The van der Waals surface area contributed by atoms with Gasteiger partial charge in [-0.2, -0.15) is 0 Å². The molecular weight excluding hydrogens is 283 g/mol. The zero-order chi connectivity index (χ0) is 15.1. The Balaban J connectivity index is 1.83. The summed E-state index contributed by atoms with van der Waals surface area (Å²) in [5.74, 6) is -4.81. The van der Waals surface area contributed by atoms with E-state index in [2.05, 4.69) is 4.90 Å². The van der Waals surface area contributed by atoms with Crippen molar-refractivity contribution < 1.29 is 22.7 Å². The highest BCUT2D eigenvalue weighted by Gasteiger charge is 2.39. The number of hydrogen-bond acceptors (Lipinski definition) is 3. The van der Waals surface area contributed by atoms with Crippen molar-refractivity contribution >= 4 is 5.78 Å². The predicted octanol–water partition coefficient (Wildman–Crippen LogP) is 2.40. The fourth-order valence-corrected chi connectivity index (χ4v) is 3.24. The number of hydrogen-bond donors (Lipinski definition) is 0. The average Bonchev–Trinajstić information content (AvgIpc) is 2.43. The molecule has 3 nitrogen and oxygen atoms in total. The number of morpholine rings is 1. The molecule has 1 aromatic rings. The standard InChI is InChI=1S/C15H16F3NO2/c1-19-10-2-8(3-11(19)7-21-6-10)15(20)9-4-12(16)14(18)13(17)5-9/h4-5,8,10-11H,2-3,6-7H2,1H3. The molecule has 0 aromatic heterocycles. The second kappa shape index (κ2) is 5.42. The van der Waals surface area contributed by atoms with Gasteiger partial charge in [0, 0.05) is 23.6 Å². The maximum Gasteiger partial charge on any atom is 0.194 e. The Morgan fingerprint density at radius 2 is 1.67 bits per heavy atom. The maximum absolute atomic E-state index is 13.3. The van der Waals surface area contributed by atoms with Crippen LogP contribution in [0.5, 0.6) is 0 Å². The number of nitrogens with zero attached hydrogens (tertiary/aromatic N) is 1. The Kier molecular flexibility index (Phi) is 3.75. The van der Waals surface area contributed by atoms with Crippen LogP contribution in [0.2, 0.25) is 0 Å². The van der Waals surface area contributed by atoms with Crippen LogP contribution in [0.4, 0.5) is 13.2 Å². The van der Waals surface area contributed by atoms with Crippen LogP contribution in [-0.2, 0) is 4.74 Å². The lowest BCUT2D eigenvalue weighted by Gasteiger charge is -2.46. The number of likely N-dealkylation sites (N-methyl/N-ethyl adjacent to an activating group) is 1. The molecule has 2 bridgehead atoms. The van der Waals surface area contributed by atoms with E-state index in [0.717, 1.165) is 12.1 Å². The highest BCUT2D eigenvalue weighted by Crippen LogP contribution is 2.32. The van der Waals surface area contributed by atoms with E-state index in [0.29, 0.717) is 26.1 Å². The lowest BCUT2D eigenvalue weighted by Crippen LogP contribution is -2.55. The molecule has 2 aliphatic rings. The Hall–Kier alpha value is -1.40. The third-order valence-corrected chi connectivity index (χ3v) is 4.52. The van der Waals surface area contributed by atoms with Crippen LogP contribution in [0.15, 0.2) is 12.1 Å². The van der Waals surface area contributed by atoms with Gasteiger partial charge < -0.3 is 4.74 Å². The van der Waals surface area contributed by atoms with Gasteiger partial charge >= 0.3 is 0 Å². The average molecular weight is 299 g/mol. The molecule has 2 aliphatic heterocycles. The van der Waals surface area contributed by atoms with E-state index >= 15 is 0 Å². The zero-order valence-corrected chi connectivity index (χ0v) is 11.6. The molecule has 0 radical (unpaired) electrons. The summed E-state index contributed by atoms with van der Waals surface area (Å²) in [6.07, 6.45) is 1.18. The van der Waals surface area contributed by atoms with E-state index in [1.54, 1.807) is 0 Å². The number of rotatable bonds is 2. The van der Waals surface area contributed by atoms with Crippen molar-refractivity contribution in [1.82, 2.24) is 4.90 Å². The van der Waals surface area contributed by atoms with E-state index in [1.807, 2.05) is 7.05 Å². The zero-order valence-electron chi connectivity index (χ0n) is 11.6. The van der Waals surface area contributed by atoms with E-state index in [9.17, 15) is 18.0 Å². The molecule has 0 N–H and O–H groups in total. The van der Waals surface area contributed by atoms with Gasteiger partial charge in [-0.1, -0.05) is 0 Å². The van der Waals surface area contributed by atoms with Crippen LogP contribution < -0.4 is 0 Å². The van der Waals surface area contributed by atoms with Crippen LogP contribution in [-0.4, -0.2) is 43.0 Å². The molecule has 2 unspecified atom stereocenters. The second-order valence-corrected chi connectivity index (χ2v) is 5.80. The normalized spacial score (nSPS) is 29.4. The third-order valence-electron chi connectivity index (χ3n) is 4.52. The Morgan fingerprint density at radius 1 is 1.14 bits per heavy atom. The van der Waals surface area contributed by atoms with Crippen LogP contribution in [0.3, 0.4) is 0 Å². The molecule has 2 atom stereocenters. The molecule has 0 amide bonds. The topological polar surface area (TPSA) is 29.5 Å². The first-order chi connectivity index (χ1) is 9.97. The lowest BCUT2D eigenvalue weighted by atomic mass is 9.81. The summed E-state index contributed by atoms with van der Waals surface area (Å²) in [7, 11) is 2.00. The lowest BCUT2D eigenvalue weighted by molar-refractivity contribution is -0.0702. The summed E-state index contributed by atoms with van der Waals surface area (Å²) in [4.78, 5) is 14.6. The SMILES string of the molecule is CN1C2COCC1CC(C(=O)c1cc(F)c(F)c(F)c1)C2. The van der Waals surface area contributed by atoms with Gasteiger partial charge in [0.05, 0.1) is 13.2 Å². The highest BCUT2D eigenvalue weighted by atomic mass is 19.2. The minimum atomic E-state index is -1.54. The summed E-state index contributed by atoms with van der Waals surface area (Å²) in [5.41, 5.74) is -0.0973. The molecular formula is C15H16F3NO2. The number of Topliss-reactive ketones (excluding diaryl/α,β-unsaturated/α-hetero) is 1. The number of halogens is 3. The molecule has 2 saturated heterocycles. The fourth-order valence-electron chi connectivity index (χ4n) is 3.24. The van der Waals surface area contributed by atoms with Gasteiger partial charge in [-0.05, 0) is 32.0 Å². The van der Waals surface area contributed by atoms with E-state index in [-0.39, 0.29) is 29.3 Å². The Bertz CT molecular complexity index is 541. The molecule has 21 heavy (non-hydrogen) atoms.